The smallest absolute Gasteiger partial charge is 0.207 e. The second-order valence-electron chi connectivity index (χ2n) is 6.04. The Balaban J connectivity index is 2.33. The standard InChI is InChI=1S/C16H22N2O2S/c1-13(2)12-18(15-5-3-4-6-15)21(19,20)16-9-7-14(11-17)8-10-16/h7-10,13,15H,3-6,12H2,1-2H3. The minimum absolute atomic E-state index is 0.119. The summed E-state index contributed by atoms with van der Waals surface area (Å²) in [6.07, 6.45) is 4.09. The quantitative estimate of drug-likeness (QED) is 0.839. The predicted molar refractivity (Wildman–Crippen MR) is 82.1 cm³/mol. The number of hydrogen-bond acceptors (Lipinski definition) is 3. The van der Waals surface area contributed by atoms with Crippen LogP contribution in [0.25, 0.3) is 0 Å². The molecular weight excluding hydrogens is 284 g/mol. The minimum Gasteiger partial charge on any atom is -0.207 e. The number of sulfonamides is 1. The van der Waals surface area contributed by atoms with E-state index in [4.69, 9.17) is 5.26 Å². The van der Waals surface area contributed by atoms with Crippen LogP contribution in [0.3, 0.4) is 0 Å². The van der Waals surface area contributed by atoms with Crippen molar-refractivity contribution < 1.29 is 8.42 Å². The van der Waals surface area contributed by atoms with E-state index in [0.29, 0.717) is 18.0 Å². The molecule has 1 fully saturated rings. The van der Waals surface area contributed by atoms with Crippen molar-refractivity contribution in [1.29, 1.82) is 5.26 Å². The number of nitrogens with zero attached hydrogens (tertiary/aromatic N) is 2. The van der Waals surface area contributed by atoms with Crippen LogP contribution in [0.1, 0.15) is 45.1 Å². The molecule has 0 unspecified atom stereocenters. The molecule has 114 valence electrons. The molecule has 0 spiro atoms. The molecule has 0 N–H and O–H groups in total. The van der Waals surface area contributed by atoms with Gasteiger partial charge in [0.25, 0.3) is 0 Å². The summed E-state index contributed by atoms with van der Waals surface area (Å²) in [6, 6.07) is 8.34. The molecule has 0 saturated heterocycles. The molecule has 0 radical (unpaired) electrons. The Kier molecular flexibility index (Phi) is 5.02. The molecule has 0 aliphatic heterocycles. The van der Waals surface area contributed by atoms with Crippen molar-refractivity contribution in [2.24, 2.45) is 5.92 Å². The van der Waals surface area contributed by atoms with E-state index in [1.54, 1.807) is 16.4 Å². The van der Waals surface area contributed by atoms with Crippen LogP contribution in [-0.4, -0.2) is 25.3 Å². The van der Waals surface area contributed by atoms with E-state index in [0.717, 1.165) is 25.7 Å². The maximum absolute atomic E-state index is 12.9. The fourth-order valence-corrected chi connectivity index (χ4v) is 4.68. The number of nitriles is 1. The average Bonchev–Trinajstić information content (AvgIpc) is 2.98. The second-order valence-corrected chi connectivity index (χ2v) is 7.93. The van der Waals surface area contributed by atoms with Gasteiger partial charge in [0.1, 0.15) is 0 Å². The molecule has 0 amide bonds. The van der Waals surface area contributed by atoms with Crippen LogP contribution < -0.4 is 0 Å². The van der Waals surface area contributed by atoms with Gasteiger partial charge in [0.2, 0.25) is 10.0 Å². The summed E-state index contributed by atoms with van der Waals surface area (Å²) in [5.41, 5.74) is 0.477. The van der Waals surface area contributed by atoms with Crippen molar-refractivity contribution >= 4 is 10.0 Å². The molecule has 0 aromatic heterocycles. The van der Waals surface area contributed by atoms with Gasteiger partial charge in [-0.15, -0.1) is 0 Å². The molecule has 1 aliphatic carbocycles. The van der Waals surface area contributed by atoms with E-state index in [-0.39, 0.29) is 10.9 Å². The lowest BCUT2D eigenvalue weighted by Crippen LogP contribution is -2.41. The molecular formula is C16H22N2O2S. The molecule has 1 aliphatic rings. The molecule has 2 rings (SSSR count). The first-order chi connectivity index (χ1) is 9.95. The summed E-state index contributed by atoms with van der Waals surface area (Å²) >= 11 is 0. The molecule has 0 bridgehead atoms. The van der Waals surface area contributed by atoms with Gasteiger partial charge < -0.3 is 0 Å². The molecule has 1 aromatic carbocycles. The maximum Gasteiger partial charge on any atom is 0.243 e. The lowest BCUT2D eigenvalue weighted by Gasteiger charge is -2.29. The van der Waals surface area contributed by atoms with Crippen molar-refractivity contribution in [1.82, 2.24) is 4.31 Å². The Bertz CT molecular complexity index is 609. The lowest BCUT2D eigenvalue weighted by molar-refractivity contribution is 0.292. The third-order valence-corrected chi connectivity index (χ3v) is 5.80. The molecule has 5 heteroatoms. The van der Waals surface area contributed by atoms with Gasteiger partial charge >= 0.3 is 0 Å². The monoisotopic (exact) mass is 306 g/mol. The first kappa shape index (κ1) is 16.0. The third-order valence-electron chi connectivity index (χ3n) is 3.87. The predicted octanol–water partition coefficient (Wildman–Crippen LogP) is 3.15. The van der Waals surface area contributed by atoms with E-state index in [1.165, 1.54) is 12.1 Å². The van der Waals surface area contributed by atoms with Gasteiger partial charge in [0.15, 0.2) is 0 Å². The Morgan fingerprint density at radius 3 is 2.29 bits per heavy atom. The molecule has 0 heterocycles. The fourth-order valence-electron chi connectivity index (χ4n) is 2.83. The zero-order chi connectivity index (χ0) is 15.5. The highest BCUT2D eigenvalue weighted by Crippen LogP contribution is 2.29. The normalized spacial score (nSPS) is 16.5. The van der Waals surface area contributed by atoms with Gasteiger partial charge in [-0.3, -0.25) is 0 Å². The van der Waals surface area contributed by atoms with Crippen molar-refractivity contribution in [3.8, 4) is 6.07 Å². The maximum atomic E-state index is 12.9. The van der Waals surface area contributed by atoms with Crippen molar-refractivity contribution in [3.63, 3.8) is 0 Å². The number of hydrogen-bond donors (Lipinski definition) is 0. The van der Waals surface area contributed by atoms with Crippen molar-refractivity contribution in [3.05, 3.63) is 29.8 Å². The molecule has 1 saturated carbocycles. The topological polar surface area (TPSA) is 61.2 Å². The first-order valence-corrected chi connectivity index (χ1v) is 8.91. The highest BCUT2D eigenvalue weighted by atomic mass is 32.2. The summed E-state index contributed by atoms with van der Waals surface area (Å²) in [7, 11) is -3.48. The Morgan fingerprint density at radius 1 is 1.24 bits per heavy atom. The Hall–Kier alpha value is -1.38. The Labute approximate surface area is 127 Å². The Morgan fingerprint density at radius 2 is 1.81 bits per heavy atom. The SMILES string of the molecule is CC(C)CN(C1CCCC1)S(=O)(=O)c1ccc(C#N)cc1. The lowest BCUT2D eigenvalue weighted by atomic mass is 10.2. The van der Waals surface area contributed by atoms with Gasteiger partial charge in [-0.25, -0.2) is 8.42 Å². The third kappa shape index (κ3) is 3.63. The van der Waals surface area contributed by atoms with E-state index in [9.17, 15) is 8.42 Å². The van der Waals surface area contributed by atoms with Gasteiger partial charge in [0, 0.05) is 12.6 Å². The van der Waals surface area contributed by atoms with Crippen LogP contribution in [0.4, 0.5) is 0 Å². The van der Waals surface area contributed by atoms with Crippen LogP contribution in [0.2, 0.25) is 0 Å². The summed E-state index contributed by atoms with van der Waals surface area (Å²) in [5.74, 6) is 0.291. The zero-order valence-corrected chi connectivity index (χ0v) is 13.4. The first-order valence-electron chi connectivity index (χ1n) is 7.47. The van der Waals surface area contributed by atoms with Gasteiger partial charge in [0.05, 0.1) is 16.5 Å². The van der Waals surface area contributed by atoms with E-state index >= 15 is 0 Å². The number of rotatable bonds is 5. The van der Waals surface area contributed by atoms with Crippen LogP contribution in [-0.2, 0) is 10.0 Å². The highest BCUT2D eigenvalue weighted by Gasteiger charge is 2.33. The van der Waals surface area contributed by atoms with Crippen LogP contribution in [0, 0.1) is 17.2 Å². The summed E-state index contributed by atoms with van der Waals surface area (Å²) in [6.45, 7) is 4.62. The van der Waals surface area contributed by atoms with Crippen molar-refractivity contribution in [2.45, 2.75) is 50.5 Å². The van der Waals surface area contributed by atoms with Gasteiger partial charge in [-0.1, -0.05) is 26.7 Å². The van der Waals surface area contributed by atoms with Crippen LogP contribution in [0.15, 0.2) is 29.2 Å². The average molecular weight is 306 g/mol. The molecule has 1 aromatic rings. The van der Waals surface area contributed by atoms with E-state index < -0.39 is 10.0 Å². The molecule has 4 nitrogen and oxygen atoms in total. The molecule has 21 heavy (non-hydrogen) atoms. The summed E-state index contributed by atoms with van der Waals surface area (Å²) in [5, 5.41) is 8.82. The largest absolute Gasteiger partial charge is 0.243 e. The van der Waals surface area contributed by atoms with Gasteiger partial charge in [-0.05, 0) is 43.0 Å². The van der Waals surface area contributed by atoms with Crippen molar-refractivity contribution in [2.75, 3.05) is 6.54 Å². The highest BCUT2D eigenvalue weighted by molar-refractivity contribution is 7.89. The van der Waals surface area contributed by atoms with Crippen LogP contribution in [0.5, 0.6) is 0 Å². The van der Waals surface area contributed by atoms with Gasteiger partial charge in [-0.2, -0.15) is 9.57 Å². The van der Waals surface area contributed by atoms with Crippen LogP contribution >= 0.6 is 0 Å². The van der Waals surface area contributed by atoms with E-state index in [2.05, 4.69) is 0 Å². The van der Waals surface area contributed by atoms with E-state index in [1.807, 2.05) is 19.9 Å². The summed E-state index contributed by atoms with van der Waals surface area (Å²) < 4.78 is 27.5. The number of benzene rings is 1. The second kappa shape index (κ2) is 6.59. The summed E-state index contributed by atoms with van der Waals surface area (Å²) in [4.78, 5) is 0.286. The minimum atomic E-state index is -3.48. The molecule has 0 atom stereocenters. The zero-order valence-electron chi connectivity index (χ0n) is 12.6. The fraction of sp³-hybridized carbons (Fsp3) is 0.562.